The standard InChI is InChI=1S/C22H26N4O4/c23-12-22-9-2-4-14(22)8-10-25(22)11-13-3-1-5-15-18(13)21(30)26(20(15)29)16-6-7-17(27)24-19(16)28/h1,3,5,14,16H,2,4,6-12,23H2,(H,24,27,28). The highest BCUT2D eigenvalue weighted by molar-refractivity contribution is 6.24. The summed E-state index contributed by atoms with van der Waals surface area (Å²) < 4.78 is 0. The van der Waals surface area contributed by atoms with Crippen molar-refractivity contribution in [2.75, 3.05) is 13.1 Å². The summed E-state index contributed by atoms with van der Waals surface area (Å²) in [7, 11) is 0. The molecular formula is C22H26N4O4. The van der Waals surface area contributed by atoms with Gasteiger partial charge in [-0.25, -0.2) is 0 Å². The van der Waals surface area contributed by atoms with Gasteiger partial charge in [0, 0.05) is 25.0 Å². The number of nitrogens with one attached hydrogen (secondary N) is 1. The lowest BCUT2D eigenvalue weighted by Gasteiger charge is -2.38. The van der Waals surface area contributed by atoms with E-state index in [1.807, 2.05) is 6.07 Å². The Bertz CT molecular complexity index is 960. The van der Waals surface area contributed by atoms with Crippen molar-refractivity contribution in [2.24, 2.45) is 11.7 Å². The SMILES string of the molecule is NCC12CCCC1CCN2Cc1cccc2c1C(=O)N(C1CCC(=O)NC1=O)C2=O. The molecule has 3 atom stereocenters. The first-order valence-corrected chi connectivity index (χ1v) is 10.7. The van der Waals surface area contributed by atoms with Crippen LogP contribution in [0.25, 0.3) is 0 Å². The van der Waals surface area contributed by atoms with E-state index in [0.29, 0.717) is 30.1 Å². The van der Waals surface area contributed by atoms with Crippen LogP contribution in [0.15, 0.2) is 18.2 Å². The minimum Gasteiger partial charge on any atom is -0.329 e. The molecular weight excluding hydrogens is 384 g/mol. The molecule has 1 aromatic rings. The summed E-state index contributed by atoms with van der Waals surface area (Å²) in [6, 6.07) is 4.39. The average Bonchev–Trinajstić information content (AvgIpc) is 3.36. The molecule has 4 aliphatic rings. The molecule has 0 bridgehead atoms. The molecule has 1 aromatic carbocycles. The molecule has 1 aliphatic carbocycles. The Labute approximate surface area is 174 Å². The molecule has 5 rings (SSSR count). The molecule has 0 aromatic heterocycles. The molecule has 8 nitrogen and oxygen atoms in total. The smallest absolute Gasteiger partial charge is 0.262 e. The highest BCUT2D eigenvalue weighted by atomic mass is 16.2. The van der Waals surface area contributed by atoms with Crippen molar-refractivity contribution >= 4 is 23.6 Å². The lowest BCUT2D eigenvalue weighted by atomic mass is 9.87. The van der Waals surface area contributed by atoms with Crippen LogP contribution in [0.2, 0.25) is 0 Å². The number of nitrogens with zero attached hydrogens (tertiary/aromatic N) is 2. The molecule has 1 saturated carbocycles. The second-order valence-corrected chi connectivity index (χ2v) is 8.89. The van der Waals surface area contributed by atoms with Gasteiger partial charge in [0.1, 0.15) is 6.04 Å². The second kappa shape index (κ2) is 6.99. The van der Waals surface area contributed by atoms with Gasteiger partial charge in [0.25, 0.3) is 11.8 Å². The fraction of sp³-hybridized carbons (Fsp3) is 0.545. The zero-order chi connectivity index (χ0) is 21.0. The number of rotatable bonds is 4. The number of likely N-dealkylation sites (tertiary alicyclic amines) is 1. The predicted molar refractivity (Wildman–Crippen MR) is 107 cm³/mol. The molecule has 3 aliphatic heterocycles. The van der Waals surface area contributed by atoms with Crippen molar-refractivity contribution in [2.45, 2.75) is 56.7 Å². The fourth-order valence-corrected chi connectivity index (χ4v) is 6.05. The van der Waals surface area contributed by atoms with E-state index in [0.717, 1.165) is 29.8 Å². The summed E-state index contributed by atoms with van der Waals surface area (Å²) in [5, 5.41) is 2.24. The number of carbonyl (C=O) groups is 4. The minimum atomic E-state index is -0.940. The van der Waals surface area contributed by atoms with E-state index < -0.39 is 23.8 Å². The van der Waals surface area contributed by atoms with E-state index in [1.165, 1.54) is 12.8 Å². The lowest BCUT2D eigenvalue weighted by Crippen LogP contribution is -2.54. The number of piperidine rings is 1. The minimum absolute atomic E-state index is 0.0162. The number of carbonyl (C=O) groups excluding carboxylic acids is 4. The summed E-state index contributed by atoms with van der Waals surface area (Å²) in [6.07, 6.45) is 4.83. The van der Waals surface area contributed by atoms with Gasteiger partial charge in [-0.2, -0.15) is 0 Å². The van der Waals surface area contributed by atoms with Crippen LogP contribution in [-0.4, -0.2) is 58.1 Å². The van der Waals surface area contributed by atoms with Crippen LogP contribution in [0.5, 0.6) is 0 Å². The molecule has 3 N–H and O–H groups in total. The number of fused-ring (bicyclic) bond motifs is 2. The van der Waals surface area contributed by atoms with Crippen LogP contribution in [0.1, 0.15) is 64.8 Å². The van der Waals surface area contributed by atoms with Gasteiger partial charge >= 0.3 is 0 Å². The van der Waals surface area contributed by atoms with Gasteiger partial charge in [0.15, 0.2) is 0 Å². The maximum absolute atomic E-state index is 13.3. The molecule has 0 spiro atoms. The third-order valence-electron chi connectivity index (χ3n) is 7.57. The zero-order valence-electron chi connectivity index (χ0n) is 16.9. The van der Waals surface area contributed by atoms with Crippen molar-refractivity contribution in [3.63, 3.8) is 0 Å². The first kappa shape index (κ1) is 19.4. The van der Waals surface area contributed by atoms with Crippen molar-refractivity contribution in [1.29, 1.82) is 0 Å². The summed E-state index contributed by atoms with van der Waals surface area (Å²) in [5.74, 6) is -1.26. The Morgan fingerprint density at radius 3 is 2.70 bits per heavy atom. The molecule has 3 unspecified atom stereocenters. The molecule has 4 amide bonds. The van der Waals surface area contributed by atoms with Crippen LogP contribution in [0, 0.1) is 5.92 Å². The molecule has 3 heterocycles. The average molecular weight is 410 g/mol. The highest BCUT2D eigenvalue weighted by Gasteiger charge is 2.51. The predicted octanol–water partition coefficient (Wildman–Crippen LogP) is 0.791. The fourth-order valence-electron chi connectivity index (χ4n) is 6.05. The van der Waals surface area contributed by atoms with Crippen LogP contribution in [0.3, 0.4) is 0 Å². The normalized spacial score (nSPS) is 31.3. The van der Waals surface area contributed by atoms with Crippen molar-refractivity contribution in [3.05, 3.63) is 34.9 Å². The van der Waals surface area contributed by atoms with Gasteiger partial charge in [-0.3, -0.25) is 34.3 Å². The lowest BCUT2D eigenvalue weighted by molar-refractivity contribution is -0.136. The number of hydrogen-bond acceptors (Lipinski definition) is 6. The van der Waals surface area contributed by atoms with E-state index in [-0.39, 0.29) is 24.3 Å². The van der Waals surface area contributed by atoms with Gasteiger partial charge < -0.3 is 5.73 Å². The summed E-state index contributed by atoms with van der Waals surface area (Å²) in [5.41, 5.74) is 7.74. The van der Waals surface area contributed by atoms with Crippen LogP contribution in [0.4, 0.5) is 0 Å². The van der Waals surface area contributed by atoms with Gasteiger partial charge in [-0.1, -0.05) is 18.6 Å². The highest BCUT2D eigenvalue weighted by Crippen LogP contribution is 2.47. The van der Waals surface area contributed by atoms with Crippen LogP contribution in [-0.2, 0) is 16.1 Å². The number of hydrogen-bond donors (Lipinski definition) is 2. The number of nitrogens with two attached hydrogens (primary N) is 1. The van der Waals surface area contributed by atoms with Crippen LogP contribution < -0.4 is 11.1 Å². The summed E-state index contributed by atoms with van der Waals surface area (Å²) in [6.45, 7) is 2.10. The third kappa shape index (κ3) is 2.66. The zero-order valence-corrected chi connectivity index (χ0v) is 16.9. The Morgan fingerprint density at radius 2 is 1.93 bits per heavy atom. The first-order valence-electron chi connectivity index (χ1n) is 10.7. The first-order chi connectivity index (χ1) is 14.5. The number of amides is 4. The van der Waals surface area contributed by atoms with Gasteiger partial charge in [-0.05, 0) is 49.8 Å². The Morgan fingerprint density at radius 1 is 1.10 bits per heavy atom. The summed E-state index contributed by atoms with van der Waals surface area (Å²) >= 11 is 0. The van der Waals surface area contributed by atoms with Gasteiger partial charge in [-0.15, -0.1) is 0 Å². The molecule has 8 heteroatoms. The largest absolute Gasteiger partial charge is 0.329 e. The van der Waals surface area contributed by atoms with E-state index >= 15 is 0 Å². The quantitative estimate of drug-likeness (QED) is 0.710. The number of benzene rings is 1. The van der Waals surface area contributed by atoms with E-state index in [2.05, 4.69) is 10.2 Å². The molecule has 0 radical (unpaired) electrons. The van der Waals surface area contributed by atoms with Crippen molar-refractivity contribution < 1.29 is 19.2 Å². The Kier molecular flexibility index (Phi) is 4.52. The molecule has 158 valence electrons. The summed E-state index contributed by atoms with van der Waals surface area (Å²) in [4.78, 5) is 53.5. The second-order valence-electron chi connectivity index (χ2n) is 8.89. The van der Waals surface area contributed by atoms with E-state index in [9.17, 15) is 19.2 Å². The molecule has 3 fully saturated rings. The Hall–Kier alpha value is -2.58. The van der Waals surface area contributed by atoms with Gasteiger partial charge in [0.05, 0.1) is 11.1 Å². The van der Waals surface area contributed by atoms with E-state index in [4.69, 9.17) is 5.73 Å². The van der Waals surface area contributed by atoms with Crippen LogP contribution >= 0.6 is 0 Å². The molecule has 2 saturated heterocycles. The third-order valence-corrected chi connectivity index (χ3v) is 7.57. The van der Waals surface area contributed by atoms with Crippen molar-refractivity contribution in [3.8, 4) is 0 Å². The van der Waals surface area contributed by atoms with E-state index in [1.54, 1.807) is 12.1 Å². The molecule has 30 heavy (non-hydrogen) atoms. The number of imide groups is 2. The van der Waals surface area contributed by atoms with Crippen molar-refractivity contribution in [1.82, 2.24) is 15.1 Å². The maximum atomic E-state index is 13.3. The topological polar surface area (TPSA) is 113 Å². The monoisotopic (exact) mass is 410 g/mol. The van der Waals surface area contributed by atoms with Gasteiger partial charge in [0.2, 0.25) is 11.8 Å². The maximum Gasteiger partial charge on any atom is 0.262 e. The Balaban J connectivity index is 1.46.